The van der Waals surface area contributed by atoms with E-state index in [1.54, 1.807) is 18.2 Å². The Balaban J connectivity index is 1.89. The number of aryl methyl sites for hydroxylation is 1. The van der Waals surface area contributed by atoms with Gasteiger partial charge in [0.1, 0.15) is 0 Å². The molecule has 0 bridgehead atoms. The van der Waals surface area contributed by atoms with Gasteiger partial charge in [0.25, 0.3) is 0 Å². The molecule has 5 nitrogen and oxygen atoms in total. The van der Waals surface area contributed by atoms with Crippen LogP contribution in [0, 0.1) is 10.5 Å². The van der Waals surface area contributed by atoms with E-state index < -0.39 is 5.97 Å². The van der Waals surface area contributed by atoms with Gasteiger partial charge in [-0.3, -0.25) is 4.79 Å². The van der Waals surface area contributed by atoms with Crippen molar-refractivity contribution in [2.45, 2.75) is 26.7 Å². The fourth-order valence-electron chi connectivity index (χ4n) is 2.60. The number of carbonyl (C=O) groups is 2. The summed E-state index contributed by atoms with van der Waals surface area (Å²) in [5, 5.41) is 0. The first-order valence-corrected chi connectivity index (χ1v) is 11.4. The molecule has 0 aromatic heterocycles. The largest absolute Gasteiger partial charge is 0.424 e. The summed E-state index contributed by atoms with van der Waals surface area (Å²) in [5.41, 5.74) is 2.74. The zero-order chi connectivity index (χ0) is 21.1. The van der Waals surface area contributed by atoms with Gasteiger partial charge in [0.15, 0.2) is 11.4 Å². The maximum atomic E-state index is 12.3. The molecule has 0 saturated heterocycles. The van der Waals surface area contributed by atoms with Gasteiger partial charge in [-0.15, -0.1) is 0 Å². The molecular weight excluding hydrogens is 617 g/mol. The summed E-state index contributed by atoms with van der Waals surface area (Å²) in [6, 6.07) is 9.26. The molecule has 0 spiro atoms. The Labute approximate surface area is 199 Å². The van der Waals surface area contributed by atoms with Crippen molar-refractivity contribution in [1.82, 2.24) is 0 Å². The van der Waals surface area contributed by atoms with Gasteiger partial charge >= 0.3 is 11.9 Å². The molecule has 0 atom stereocenters. The molecule has 0 saturated carbocycles. The van der Waals surface area contributed by atoms with Crippen LogP contribution >= 0.6 is 54.5 Å². The number of hydrogen-bond acceptors (Lipinski definition) is 5. The second-order valence-corrected chi connectivity index (χ2v) is 9.21. The molecule has 0 radical (unpaired) electrons. The second-order valence-electron chi connectivity index (χ2n) is 6.34. The van der Waals surface area contributed by atoms with E-state index in [1.165, 1.54) is 0 Å². The van der Waals surface area contributed by atoms with E-state index in [4.69, 9.17) is 9.47 Å². The number of esters is 2. The molecule has 1 heterocycles. The summed E-state index contributed by atoms with van der Waals surface area (Å²) in [6.07, 6.45) is 2.68. The summed E-state index contributed by atoms with van der Waals surface area (Å²) < 4.78 is 13.0. The molecule has 0 unspecified atom stereocenters. The lowest BCUT2D eigenvalue weighted by molar-refractivity contribution is -0.134. The summed E-state index contributed by atoms with van der Waals surface area (Å²) >= 11 is 9.08. The maximum Gasteiger partial charge on any atom is 0.363 e. The van der Waals surface area contributed by atoms with Crippen LogP contribution in [0.25, 0.3) is 6.08 Å². The van der Waals surface area contributed by atoms with Crippen molar-refractivity contribution in [2.24, 2.45) is 4.99 Å². The summed E-state index contributed by atoms with van der Waals surface area (Å²) in [5.74, 6) is -0.134. The quantitative estimate of drug-likeness (QED) is 0.171. The van der Waals surface area contributed by atoms with E-state index in [2.05, 4.69) is 59.4 Å². The van der Waals surface area contributed by atoms with Crippen molar-refractivity contribution < 1.29 is 19.1 Å². The third kappa shape index (κ3) is 5.35. The fourth-order valence-corrected chi connectivity index (χ4v) is 4.32. The molecule has 0 fully saturated rings. The van der Waals surface area contributed by atoms with Crippen molar-refractivity contribution in [3.8, 4) is 5.75 Å². The van der Waals surface area contributed by atoms with E-state index in [0.717, 1.165) is 14.7 Å². The molecule has 2 aromatic rings. The Bertz CT molecular complexity index is 1040. The summed E-state index contributed by atoms with van der Waals surface area (Å²) in [7, 11) is 0. The Morgan fingerprint density at radius 1 is 1.24 bits per heavy atom. The minimum atomic E-state index is -0.512. The van der Waals surface area contributed by atoms with E-state index in [0.29, 0.717) is 33.1 Å². The van der Waals surface area contributed by atoms with Crippen LogP contribution in [0.2, 0.25) is 0 Å². The fraction of sp³-hybridized carbons (Fsp3) is 0.190. The van der Waals surface area contributed by atoms with E-state index >= 15 is 0 Å². The number of benzene rings is 2. The van der Waals surface area contributed by atoms with Crippen LogP contribution in [0.3, 0.4) is 0 Å². The van der Waals surface area contributed by atoms with Crippen LogP contribution < -0.4 is 4.74 Å². The number of cyclic esters (lactones) is 1. The SMILES string of the molecule is CCCC(=O)Oc1c(Br)cc(/C=C2\N=C(c3ccc(I)c(C)c3)OC2=O)cc1Br. The average molecular weight is 633 g/mol. The van der Waals surface area contributed by atoms with Crippen LogP contribution in [0.15, 0.2) is 50.0 Å². The molecule has 1 aliphatic rings. The minimum Gasteiger partial charge on any atom is -0.424 e. The predicted molar refractivity (Wildman–Crippen MR) is 127 cm³/mol. The summed E-state index contributed by atoms with van der Waals surface area (Å²) in [6.45, 7) is 3.90. The predicted octanol–water partition coefficient (Wildman–Crippen LogP) is 6.17. The number of hydrogen-bond donors (Lipinski definition) is 0. The number of aliphatic imine (C=N–C) groups is 1. The smallest absolute Gasteiger partial charge is 0.363 e. The highest BCUT2D eigenvalue weighted by Gasteiger charge is 2.24. The van der Waals surface area contributed by atoms with Gasteiger partial charge in [-0.2, -0.15) is 0 Å². The topological polar surface area (TPSA) is 65.0 Å². The molecule has 8 heteroatoms. The molecular formula is C21H16Br2INO4. The average Bonchev–Trinajstić information content (AvgIpc) is 3.01. The first-order valence-electron chi connectivity index (χ1n) is 8.77. The van der Waals surface area contributed by atoms with Gasteiger partial charge in [-0.25, -0.2) is 9.79 Å². The Hall–Kier alpha value is -1.52. The number of ether oxygens (including phenoxy) is 2. The second kappa shape index (κ2) is 9.53. The van der Waals surface area contributed by atoms with Gasteiger partial charge in [0.05, 0.1) is 8.95 Å². The Morgan fingerprint density at radius 2 is 1.93 bits per heavy atom. The van der Waals surface area contributed by atoms with Crippen LogP contribution in [-0.4, -0.2) is 17.8 Å². The lowest BCUT2D eigenvalue weighted by Gasteiger charge is -2.09. The highest BCUT2D eigenvalue weighted by Crippen LogP contribution is 2.36. The van der Waals surface area contributed by atoms with Crippen LogP contribution in [-0.2, 0) is 14.3 Å². The van der Waals surface area contributed by atoms with Crippen molar-refractivity contribution >= 4 is 78.4 Å². The lowest BCUT2D eigenvalue weighted by Crippen LogP contribution is -2.08. The Morgan fingerprint density at radius 3 is 2.55 bits per heavy atom. The van der Waals surface area contributed by atoms with Gasteiger partial charge in [-0.1, -0.05) is 6.92 Å². The van der Waals surface area contributed by atoms with Crippen LogP contribution in [0.4, 0.5) is 0 Å². The molecule has 2 aromatic carbocycles. The number of halogens is 3. The third-order valence-electron chi connectivity index (χ3n) is 4.02. The van der Waals surface area contributed by atoms with E-state index in [-0.39, 0.29) is 17.6 Å². The van der Waals surface area contributed by atoms with Crippen LogP contribution in [0.5, 0.6) is 5.75 Å². The first kappa shape index (κ1) is 22.2. The van der Waals surface area contributed by atoms with Crippen molar-refractivity contribution in [2.75, 3.05) is 0 Å². The number of carbonyl (C=O) groups excluding carboxylic acids is 2. The van der Waals surface area contributed by atoms with E-state index in [1.807, 2.05) is 32.0 Å². The number of rotatable bonds is 5. The van der Waals surface area contributed by atoms with Crippen molar-refractivity contribution in [1.29, 1.82) is 0 Å². The summed E-state index contributed by atoms with van der Waals surface area (Å²) in [4.78, 5) is 28.4. The molecule has 1 aliphatic heterocycles. The van der Waals surface area contributed by atoms with Gasteiger partial charge in [0, 0.05) is 15.6 Å². The third-order valence-corrected chi connectivity index (χ3v) is 6.41. The standard InChI is InChI=1S/C21H16Br2INO4/c1-3-4-18(26)28-19-14(22)8-12(9-15(19)23)10-17-21(27)29-20(25-17)13-5-6-16(24)11(2)7-13/h5-10H,3-4H2,1-2H3/b17-10-. The van der Waals surface area contributed by atoms with Crippen LogP contribution in [0.1, 0.15) is 36.5 Å². The number of nitrogens with zero attached hydrogens (tertiary/aromatic N) is 1. The molecule has 0 aliphatic carbocycles. The van der Waals surface area contributed by atoms with Crippen molar-refractivity contribution in [3.05, 3.63) is 65.2 Å². The first-order chi connectivity index (χ1) is 13.8. The zero-order valence-corrected chi connectivity index (χ0v) is 20.9. The normalized spacial score (nSPS) is 14.7. The lowest BCUT2D eigenvalue weighted by atomic mass is 10.1. The van der Waals surface area contributed by atoms with Gasteiger partial charge in [-0.05, 0) is 115 Å². The minimum absolute atomic E-state index is 0.200. The van der Waals surface area contributed by atoms with Crippen molar-refractivity contribution in [3.63, 3.8) is 0 Å². The van der Waals surface area contributed by atoms with E-state index in [9.17, 15) is 9.59 Å². The maximum absolute atomic E-state index is 12.3. The van der Waals surface area contributed by atoms with Gasteiger partial charge in [0.2, 0.25) is 5.90 Å². The molecule has 0 N–H and O–H groups in total. The molecule has 3 rings (SSSR count). The highest BCUT2D eigenvalue weighted by molar-refractivity contribution is 14.1. The molecule has 29 heavy (non-hydrogen) atoms. The monoisotopic (exact) mass is 631 g/mol. The highest BCUT2D eigenvalue weighted by atomic mass is 127. The van der Waals surface area contributed by atoms with Gasteiger partial charge < -0.3 is 9.47 Å². The molecule has 150 valence electrons. The zero-order valence-electron chi connectivity index (χ0n) is 15.6. The Kier molecular flexibility index (Phi) is 7.28. The molecule has 0 amide bonds.